The minimum atomic E-state index is 0.0235. The van der Waals surface area contributed by atoms with Gasteiger partial charge in [-0.15, -0.1) is 11.3 Å². The smallest absolute Gasteiger partial charge is 0.273 e. The standard InChI is InChI=1S/C18H22N4O2S/c1-12-20-16(10-25-12)18(24)21-6-4-13(5-7-21)9-22-11-19-15(8-17(22)23)14-2-3-14/h8,10-11,13-14H,2-7,9H2,1H3. The van der Waals surface area contributed by atoms with Crippen molar-refractivity contribution < 1.29 is 4.79 Å². The Labute approximate surface area is 150 Å². The Morgan fingerprint density at radius 3 is 2.64 bits per heavy atom. The number of hydrogen-bond acceptors (Lipinski definition) is 5. The third-order valence-corrected chi connectivity index (χ3v) is 5.86. The van der Waals surface area contributed by atoms with Gasteiger partial charge < -0.3 is 4.90 Å². The van der Waals surface area contributed by atoms with Crippen LogP contribution in [0.2, 0.25) is 0 Å². The van der Waals surface area contributed by atoms with Crippen molar-refractivity contribution in [3.05, 3.63) is 44.5 Å². The van der Waals surface area contributed by atoms with Gasteiger partial charge in [-0.25, -0.2) is 9.97 Å². The first-order valence-electron chi connectivity index (χ1n) is 8.88. The van der Waals surface area contributed by atoms with E-state index >= 15 is 0 Å². The Morgan fingerprint density at radius 1 is 1.28 bits per heavy atom. The molecule has 6 nitrogen and oxygen atoms in total. The fourth-order valence-electron chi connectivity index (χ4n) is 3.40. The molecule has 2 aliphatic rings. The lowest BCUT2D eigenvalue weighted by molar-refractivity contribution is 0.0677. The second-order valence-electron chi connectivity index (χ2n) is 7.07. The van der Waals surface area contributed by atoms with E-state index in [2.05, 4.69) is 9.97 Å². The predicted molar refractivity (Wildman–Crippen MR) is 96.0 cm³/mol. The summed E-state index contributed by atoms with van der Waals surface area (Å²) >= 11 is 1.50. The van der Waals surface area contributed by atoms with Crippen LogP contribution >= 0.6 is 11.3 Å². The fourth-order valence-corrected chi connectivity index (χ4v) is 3.99. The van der Waals surface area contributed by atoms with E-state index in [1.165, 1.54) is 11.3 Å². The average molecular weight is 358 g/mol. The molecule has 2 fully saturated rings. The third-order valence-electron chi connectivity index (χ3n) is 5.09. The van der Waals surface area contributed by atoms with Gasteiger partial charge in [-0.05, 0) is 38.5 Å². The first-order chi connectivity index (χ1) is 12.1. The summed E-state index contributed by atoms with van der Waals surface area (Å²) in [6.45, 7) is 4.05. The highest BCUT2D eigenvalue weighted by molar-refractivity contribution is 7.09. The van der Waals surface area contributed by atoms with Gasteiger partial charge in [0, 0.05) is 37.0 Å². The van der Waals surface area contributed by atoms with E-state index < -0.39 is 0 Å². The van der Waals surface area contributed by atoms with E-state index in [0.29, 0.717) is 24.1 Å². The molecule has 132 valence electrons. The van der Waals surface area contributed by atoms with Crippen molar-refractivity contribution in [3.8, 4) is 0 Å². The number of nitrogens with zero attached hydrogens (tertiary/aromatic N) is 4. The summed E-state index contributed by atoms with van der Waals surface area (Å²) in [4.78, 5) is 35.3. The number of carbonyl (C=O) groups is 1. The van der Waals surface area contributed by atoms with Crippen LogP contribution in [0.4, 0.5) is 0 Å². The molecule has 2 aromatic heterocycles. The molecule has 0 atom stereocenters. The molecular weight excluding hydrogens is 336 g/mol. The van der Waals surface area contributed by atoms with E-state index in [1.807, 2.05) is 17.2 Å². The maximum Gasteiger partial charge on any atom is 0.273 e. The molecular formula is C18H22N4O2S. The molecule has 1 aliphatic heterocycles. The number of aromatic nitrogens is 3. The van der Waals surface area contributed by atoms with E-state index in [4.69, 9.17) is 0 Å². The summed E-state index contributed by atoms with van der Waals surface area (Å²) in [5.41, 5.74) is 1.55. The first-order valence-corrected chi connectivity index (χ1v) is 9.76. The van der Waals surface area contributed by atoms with Crippen LogP contribution in [0.15, 0.2) is 22.6 Å². The van der Waals surface area contributed by atoms with Crippen LogP contribution in [0.3, 0.4) is 0 Å². The summed E-state index contributed by atoms with van der Waals surface area (Å²) < 4.78 is 1.72. The van der Waals surface area contributed by atoms with Crippen LogP contribution in [0.1, 0.15) is 52.8 Å². The van der Waals surface area contributed by atoms with E-state index in [-0.39, 0.29) is 11.5 Å². The zero-order valence-electron chi connectivity index (χ0n) is 14.4. The Balaban J connectivity index is 1.34. The summed E-state index contributed by atoms with van der Waals surface area (Å²) in [6.07, 6.45) is 5.83. The Kier molecular flexibility index (Phi) is 4.41. The zero-order valence-corrected chi connectivity index (χ0v) is 15.2. The number of hydrogen-bond donors (Lipinski definition) is 0. The highest BCUT2D eigenvalue weighted by Gasteiger charge is 2.27. The molecule has 0 aromatic carbocycles. The molecule has 1 amide bonds. The van der Waals surface area contributed by atoms with Crippen molar-refractivity contribution >= 4 is 17.2 Å². The van der Waals surface area contributed by atoms with Crippen LogP contribution in [-0.4, -0.2) is 38.4 Å². The third kappa shape index (κ3) is 3.66. The summed E-state index contributed by atoms with van der Waals surface area (Å²) in [6, 6.07) is 1.70. The van der Waals surface area contributed by atoms with Gasteiger partial charge in [-0.1, -0.05) is 0 Å². The van der Waals surface area contributed by atoms with Crippen LogP contribution in [0.25, 0.3) is 0 Å². The van der Waals surface area contributed by atoms with Crippen molar-refractivity contribution in [2.24, 2.45) is 5.92 Å². The number of piperidine rings is 1. The minimum absolute atomic E-state index is 0.0235. The van der Waals surface area contributed by atoms with Crippen LogP contribution < -0.4 is 5.56 Å². The topological polar surface area (TPSA) is 68.1 Å². The average Bonchev–Trinajstić information content (AvgIpc) is 3.38. The Morgan fingerprint density at radius 2 is 2.04 bits per heavy atom. The second-order valence-corrected chi connectivity index (χ2v) is 8.13. The number of rotatable bonds is 4. The SMILES string of the molecule is Cc1nc(C(=O)N2CCC(Cn3cnc(C4CC4)cc3=O)CC2)cs1. The maximum absolute atomic E-state index is 12.4. The van der Waals surface area contributed by atoms with Gasteiger partial charge in [-0.2, -0.15) is 0 Å². The van der Waals surface area contributed by atoms with Gasteiger partial charge in [0.15, 0.2) is 0 Å². The van der Waals surface area contributed by atoms with Gasteiger partial charge in [0.25, 0.3) is 11.5 Å². The summed E-state index contributed by atoms with van der Waals surface area (Å²) in [5, 5.41) is 2.75. The largest absolute Gasteiger partial charge is 0.337 e. The van der Waals surface area contributed by atoms with E-state index in [1.54, 1.807) is 17.0 Å². The van der Waals surface area contributed by atoms with Crippen molar-refractivity contribution in [1.29, 1.82) is 0 Å². The number of amides is 1. The molecule has 0 bridgehead atoms. The first kappa shape index (κ1) is 16.4. The molecule has 25 heavy (non-hydrogen) atoms. The van der Waals surface area contributed by atoms with Crippen molar-refractivity contribution in [2.45, 2.75) is 45.1 Å². The highest BCUT2D eigenvalue weighted by Crippen LogP contribution is 2.38. The lowest BCUT2D eigenvalue weighted by Gasteiger charge is -2.31. The van der Waals surface area contributed by atoms with Crippen LogP contribution in [0, 0.1) is 12.8 Å². The molecule has 3 heterocycles. The van der Waals surface area contributed by atoms with Crippen LogP contribution in [0.5, 0.6) is 0 Å². The predicted octanol–water partition coefficient (Wildman–Crippen LogP) is 2.44. The van der Waals surface area contributed by atoms with E-state index in [0.717, 1.165) is 49.5 Å². The molecule has 0 N–H and O–H groups in total. The quantitative estimate of drug-likeness (QED) is 0.842. The molecule has 0 spiro atoms. The molecule has 1 saturated heterocycles. The highest BCUT2D eigenvalue weighted by atomic mass is 32.1. The summed E-state index contributed by atoms with van der Waals surface area (Å²) in [7, 11) is 0. The van der Waals surface area contributed by atoms with Gasteiger partial charge in [0.1, 0.15) is 5.69 Å². The van der Waals surface area contributed by atoms with Gasteiger partial charge in [-0.3, -0.25) is 14.2 Å². The molecule has 7 heteroatoms. The molecule has 0 radical (unpaired) electrons. The Bertz CT molecular complexity index is 832. The number of aryl methyl sites for hydroxylation is 1. The molecule has 0 unspecified atom stereocenters. The Hall–Kier alpha value is -2.02. The molecule has 4 rings (SSSR count). The maximum atomic E-state index is 12.4. The fraction of sp³-hybridized carbons (Fsp3) is 0.556. The van der Waals surface area contributed by atoms with Crippen molar-refractivity contribution in [3.63, 3.8) is 0 Å². The number of carbonyl (C=O) groups excluding carboxylic acids is 1. The van der Waals surface area contributed by atoms with Gasteiger partial charge in [0.2, 0.25) is 0 Å². The molecule has 2 aromatic rings. The monoisotopic (exact) mass is 358 g/mol. The van der Waals surface area contributed by atoms with Crippen LogP contribution in [-0.2, 0) is 6.54 Å². The second kappa shape index (κ2) is 6.71. The lowest BCUT2D eigenvalue weighted by atomic mass is 9.96. The van der Waals surface area contributed by atoms with Gasteiger partial charge in [0.05, 0.1) is 17.0 Å². The van der Waals surface area contributed by atoms with Gasteiger partial charge >= 0.3 is 0 Å². The lowest BCUT2D eigenvalue weighted by Crippen LogP contribution is -2.40. The summed E-state index contributed by atoms with van der Waals surface area (Å²) in [5.74, 6) is 0.939. The normalized spacial score (nSPS) is 18.5. The zero-order chi connectivity index (χ0) is 17.4. The minimum Gasteiger partial charge on any atom is -0.337 e. The number of likely N-dealkylation sites (tertiary alicyclic amines) is 1. The van der Waals surface area contributed by atoms with Crippen molar-refractivity contribution in [1.82, 2.24) is 19.4 Å². The van der Waals surface area contributed by atoms with Crippen molar-refractivity contribution in [2.75, 3.05) is 13.1 Å². The molecule has 1 aliphatic carbocycles. The van der Waals surface area contributed by atoms with E-state index in [9.17, 15) is 9.59 Å². The number of thiazole rings is 1. The molecule has 1 saturated carbocycles.